The second-order valence-corrected chi connectivity index (χ2v) is 9.64. The molecule has 4 heterocycles. The molecular formula is C25H30N4O4S. The normalized spacial score (nSPS) is 18.9. The summed E-state index contributed by atoms with van der Waals surface area (Å²) in [6.07, 6.45) is 4.06. The highest BCUT2D eigenvalue weighted by Gasteiger charge is 2.22. The lowest BCUT2D eigenvalue weighted by atomic mass is 10.1. The third-order valence-corrected chi connectivity index (χ3v) is 7.16. The quantitative estimate of drug-likeness (QED) is 0.459. The average molecular weight is 483 g/mol. The molecule has 0 N–H and O–H groups in total. The minimum absolute atomic E-state index is 0.0808. The van der Waals surface area contributed by atoms with Crippen molar-refractivity contribution in [2.24, 2.45) is 0 Å². The number of amides is 1. The number of benzene rings is 1. The number of carbonyl (C=O) groups is 1. The molecule has 1 atom stereocenters. The molecule has 2 aliphatic rings. The fraction of sp³-hybridized carbons (Fsp3) is 0.480. The van der Waals surface area contributed by atoms with E-state index in [0.717, 1.165) is 75.6 Å². The summed E-state index contributed by atoms with van der Waals surface area (Å²) in [7, 11) is 0. The summed E-state index contributed by atoms with van der Waals surface area (Å²) in [6, 6.07) is 11.4. The van der Waals surface area contributed by atoms with Crippen molar-refractivity contribution in [2.45, 2.75) is 31.8 Å². The van der Waals surface area contributed by atoms with Gasteiger partial charge in [0.25, 0.3) is 5.91 Å². The molecule has 8 nitrogen and oxygen atoms in total. The van der Waals surface area contributed by atoms with Gasteiger partial charge in [-0.3, -0.25) is 9.69 Å². The lowest BCUT2D eigenvalue weighted by Crippen LogP contribution is -2.48. The molecule has 0 bridgehead atoms. The summed E-state index contributed by atoms with van der Waals surface area (Å²) in [5.41, 5.74) is 0.704. The van der Waals surface area contributed by atoms with Gasteiger partial charge in [0.15, 0.2) is 0 Å². The van der Waals surface area contributed by atoms with Crippen molar-refractivity contribution in [1.82, 2.24) is 19.9 Å². The van der Waals surface area contributed by atoms with Gasteiger partial charge in [-0.2, -0.15) is 4.98 Å². The van der Waals surface area contributed by atoms with Crippen LogP contribution in [0.15, 0.2) is 46.3 Å². The van der Waals surface area contributed by atoms with Crippen molar-refractivity contribution in [3.05, 3.63) is 53.2 Å². The highest BCUT2D eigenvalue weighted by atomic mass is 32.1. The van der Waals surface area contributed by atoms with Crippen LogP contribution in [0.3, 0.4) is 0 Å². The summed E-state index contributed by atoms with van der Waals surface area (Å²) < 4.78 is 16.8. The highest BCUT2D eigenvalue weighted by molar-refractivity contribution is 7.13. The molecule has 2 aliphatic heterocycles. The maximum atomic E-state index is 12.9. The number of nitrogens with zero attached hydrogens (tertiary/aromatic N) is 4. The number of aryl methyl sites for hydroxylation is 1. The standard InChI is InChI=1S/C25H30N4O4S/c30-25(19-7-9-20(10-8-19)32-18-21-4-2-16-31-21)29-14-12-28(13-15-29)11-1-6-23-26-24(27-33-23)22-5-3-17-34-22/h3,5,7-10,17,21H,1-2,4,6,11-16,18H2. The minimum atomic E-state index is 0.0808. The predicted molar refractivity (Wildman–Crippen MR) is 129 cm³/mol. The van der Waals surface area contributed by atoms with Crippen LogP contribution in [0.4, 0.5) is 0 Å². The maximum Gasteiger partial charge on any atom is 0.253 e. The summed E-state index contributed by atoms with van der Waals surface area (Å²) in [4.78, 5) is 22.7. The van der Waals surface area contributed by atoms with E-state index in [-0.39, 0.29) is 12.0 Å². The first kappa shape index (κ1) is 23.0. The smallest absolute Gasteiger partial charge is 0.253 e. The summed E-state index contributed by atoms with van der Waals surface area (Å²) in [5.74, 6) is 2.21. The van der Waals surface area contributed by atoms with E-state index in [2.05, 4.69) is 15.0 Å². The van der Waals surface area contributed by atoms with Crippen molar-refractivity contribution in [3.63, 3.8) is 0 Å². The largest absolute Gasteiger partial charge is 0.491 e. The monoisotopic (exact) mass is 482 g/mol. The van der Waals surface area contributed by atoms with Gasteiger partial charge in [-0.05, 0) is 61.5 Å². The van der Waals surface area contributed by atoms with Crippen LogP contribution in [0.25, 0.3) is 10.7 Å². The van der Waals surface area contributed by atoms with Gasteiger partial charge < -0.3 is 18.9 Å². The van der Waals surface area contributed by atoms with E-state index in [0.29, 0.717) is 23.9 Å². The van der Waals surface area contributed by atoms with Crippen LogP contribution in [0.5, 0.6) is 5.75 Å². The number of hydrogen-bond acceptors (Lipinski definition) is 8. The maximum absolute atomic E-state index is 12.9. The summed E-state index contributed by atoms with van der Waals surface area (Å²) in [5, 5.41) is 6.08. The first-order valence-corrected chi connectivity index (χ1v) is 12.8. The zero-order chi connectivity index (χ0) is 23.2. The number of thiophene rings is 1. The Kier molecular flexibility index (Phi) is 7.52. The van der Waals surface area contributed by atoms with Crippen LogP contribution < -0.4 is 4.74 Å². The number of hydrogen-bond donors (Lipinski definition) is 0. The molecule has 2 saturated heterocycles. The SMILES string of the molecule is O=C(c1ccc(OCC2CCCO2)cc1)N1CCN(CCCc2nc(-c3cccs3)no2)CC1. The average Bonchev–Trinajstić information content (AvgIpc) is 3.66. The van der Waals surface area contributed by atoms with Crippen LogP contribution in [0, 0.1) is 0 Å². The third kappa shape index (κ3) is 5.84. The topological polar surface area (TPSA) is 80.9 Å². The molecule has 2 fully saturated rings. The molecule has 3 aromatic rings. The Balaban J connectivity index is 1.02. The van der Waals surface area contributed by atoms with Gasteiger partial charge in [-0.25, -0.2) is 0 Å². The van der Waals surface area contributed by atoms with E-state index < -0.39 is 0 Å². The highest BCUT2D eigenvalue weighted by Crippen LogP contribution is 2.22. The van der Waals surface area contributed by atoms with Gasteiger partial charge in [0.1, 0.15) is 12.4 Å². The minimum Gasteiger partial charge on any atom is -0.491 e. The first-order chi connectivity index (χ1) is 16.7. The van der Waals surface area contributed by atoms with Crippen molar-refractivity contribution in [1.29, 1.82) is 0 Å². The third-order valence-electron chi connectivity index (χ3n) is 6.30. The van der Waals surface area contributed by atoms with Crippen molar-refractivity contribution in [3.8, 4) is 16.5 Å². The molecule has 2 aromatic heterocycles. The molecule has 0 spiro atoms. The zero-order valence-electron chi connectivity index (χ0n) is 19.2. The van der Waals surface area contributed by atoms with Gasteiger partial charge in [-0.15, -0.1) is 11.3 Å². The Morgan fingerprint density at radius 3 is 2.74 bits per heavy atom. The van der Waals surface area contributed by atoms with Gasteiger partial charge in [-0.1, -0.05) is 11.2 Å². The van der Waals surface area contributed by atoms with Gasteiger partial charge in [0, 0.05) is 44.8 Å². The Labute approximate surface area is 203 Å². The molecule has 9 heteroatoms. The van der Waals surface area contributed by atoms with Crippen LogP contribution in [-0.4, -0.2) is 77.9 Å². The molecule has 1 unspecified atom stereocenters. The molecule has 1 aromatic carbocycles. The molecule has 0 radical (unpaired) electrons. The van der Waals surface area contributed by atoms with E-state index in [1.807, 2.05) is 46.7 Å². The second kappa shape index (κ2) is 11.1. The Morgan fingerprint density at radius 2 is 2.00 bits per heavy atom. The van der Waals surface area contributed by atoms with Crippen LogP contribution >= 0.6 is 11.3 Å². The van der Waals surface area contributed by atoms with E-state index in [1.165, 1.54) is 0 Å². The van der Waals surface area contributed by atoms with Crippen molar-refractivity contribution < 1.29 is 18.8 Å². The number of aromatic nitrogens is 2. The Morgan fingerprint density at radius 1 is 1.15 bits per heavy atom. The van der Waals surface area contributed by atoms with E-state index in [1.54, 1.807) is 11.3 Å². The van der Waals surface area contributed by atoms with E-state index >= 15 is 0 Å². The Hall–Kier alpha value is -2.75. The number of ether oxygens (including phenoxy) is 2. The van der Waals surface area contributed by atoms with Crippen LogP contribution in [0.1, 0.15) is 35.5 Å². The van der Waals surface area contributed by atoms with Crippen molar-refractivity contribution >= 4 is 17.2 Å². The fourth-order valence-corrected chi connectivity index (χ4v) is 4.98. The molecule has 0 aliphatic carbocycles. The van der Waals surface area contributed by atoms with Crippen LogP contribution in [-0.2, 0) is 11.2 Å². The second-order valence-electron chi connectivity index (χ2n) is 8.70. The molecule has 1 amide bonds. The predicted octanol–water partition coefficient (Wildman–Crippen LogP) is 3.75. The van der Waals surface area contributed by atoms with E-state index in [4.69, 9.17) is 14.0 Å². The molecule has 34 heavy (non-hydrogen) atoms. The number of carbonyl (C=O) groups excluding carboxylic acids is 1. The van der Waals surface area contributed by atoms with Crippen molar-refractivity contribution in [2.75, 3.05) is 45.9 Å². The zero-order valence-corrected chi connectivity index (χ0v) is 20.0. The molecule has 5 rings (SSSR count). The van der Waals surface area contributed by atoms with E-state index in [9.17, 15) is 4.79 Å². The Bertz CT molecular complexity index is 1040. The summed E-state index contributed by atoms with van der Waals surface area (Å²) >= 11 is 1.61. The fourth-order valence-electron chi connectivity index (χ4n) is 4.33. The van der Waals surface area contributed by atoms with Gasteiger partial charge in [0.2, 0.25) is 11.7 Å². The number of piperazine rings is 1. The lowest BCUT2D eigenvalue weighted by Gasteiger charge is -2.34. The molecular weight excluding hydrogens is 452 g/mol. The molecule has 180 valence electrons. The lowest BCUT2D eigenvalue weighted by molar-refractivity contribution is 0.0634. The van der Waals surface area contributed by atoms with Crippen LogP contribution in [0.2, 0.25) is 0 Å². The van der Waals surface area contributed by atoms with Gasteiger partial charge in [0.05, 0.1) is 11.0 Å². The van der Waals surface area contributed by atoms with Gasteiger partial charge >= 0.3 is 0 Å². The first-order valence-electron chi connectivity index (χ1n) is 12.0. The number of rotatable bonds is 9. The molecule has 0 saturated carbocycles. The summed E-state index contributed by atoms with van der Waals surface area (Å²) in [6.45, 7) is 5.56.